The van der Waals surface area contributed by atoms with Crippen molar-refractivity contribution in [2.24, 2.45) is 5.11 Å². The second-order valence-electron chi connectivity index (χ2n) is 3.36. The molecule has 0 aliphatic rings. The Hall–Kier alpha value is -0.179. The summed E-state index contributed by atoms with van der Waals surface area (Å²) in [6, 6.07) is 1.87. The Kier molecular flexibility index (Phi) is 6.60. The summed E-state index contributed by atoms with van der Waals surface area (Å²) in [5, 5.41) is 3.23. The van der Waals surface area contributed by atoms with Gasteiger partial charge in [-0.3, -0.25) is 0 Å². The van der Waals surface area contributed by atoms with E-state index in [-0.39, 0.29) is 63.6 Å². The molecule has 86 valence electrons. The van der Waals surface area contributed by atoms with Crippen molar-refractivity contribution in [1.29, 1.82) is 0 Å². The van der Waals surface area contributed by atoms with E-state index in [2.05, 4.69) is 10.0 Å². The number of hydrogen-bond donors (Lipinski definition) is 1. The largest absolute Gasteiger partial charge is 1.00 e. The maximum Gasteiger partial charge on any atom is 1.00 e. The normalized spacial score (nSPS) is 10.4. The van der Waals surface area contributed by atoms with Crippen LogP contribution in [0.3, 0.4) is 0 Å². The van der Waals surface area contributed by atoms with Crippen molar-refractivity contribution < 1.29 is 64.3 Å². The molecule has 0 atom stereocenters. The van der Waals surface area contributed by atoms with Gasteiger partial charge in [0.2, 0.25) is 0 Å². The first-order valence-electron chi connectivity index (χ1n) is 4.46. The average Bonchev–Trinajstić information content (AvgIpc) is 2.18. The van der Waals surface area contributed by atoms with Gasteiger partial charge in [-0.1, -0.05) is 17.2 Å². The molecule has 1 aromatic rings. The fourth-order valence-electron chi connectivity index (χ4n) is 1.29. The fourth-order valence-corrected chi connectivity index (χ4v) is 1.29. The van der Waals surface area contributed by atoms with Crippen molar-refractivity contribution in [2.45, 2.75) is 13.5 Å². The van der Waals surface area contributed by atoms with E-state index in [4.69, 9.17) is 11.3 Å². The molecule has 0 aliphatic heterocycles. The fraction of sp³-hybridized carbons (Fsp3) is 0.250. The predicted octanol–water partition coefficient (Wildman–Crippen LogP) is -0.554. The van der Waals surface area contributed by atoms with Gasteiger partial charge in [0.1, 0.15) is 0 Å². The molecular weight excluding hydrogens is 259 g/mol. The van der Waals surface area contributed by atoms with Gasteiger partial charge in [-0.25, -0.2) is 0 Å². The van der Waals surface area contributed by atoms with Crippen molar-refractivity contribution in [3.8, 4) is 0 Å². The summed E-state index contributed by atoms with van der Waals surface area (Å²) in [7, 11) is 0. The van der Waals surface area contributed by atoms with Gasteiger partial charge in [0.25, 0.3) is 0 Å². The average molecular weight is 268 g/mol. The second-order valence-corrected chi connectivity index (χ2v) is 3.36. The first kappa shape index (κ1) is 16.8. The van der Waals surface area contributed by atoms with Gasteiger partial charge in [0.15, 0.2) is 0 Å². The molecule has 1 aromatic carbocycles. The van der Waals surface area contributed by atoms with E-state index in [1.54, 1.807) is 6.92 Å². The number of azide groups is 1. The summed E-state index contributed by atoms with van der Waals surface area (Å²) in [6.45, 7) is -3.64. The third-order valence-corrected chi connectivity index (χ3v) is 2.26. The van der Waals surface area contributed by atoms with Crippen LogP contribution in [0.25, 0.3) is 10.4 Å². The standard InChI is InChI=1S/C8H9BF3N4.K/c1-5-6(4-15-16-14)2-7(3-8(5)13)9(10,11)12;/h2-3H,4,13H2,1H3;/q-1;+1. The van der Waals surface area contributed by atoms with Gasteiger partial charge in [0, 0.05) is 10.6 Å². The Labute approximate surface area is 139 Å². The number of halogens is 3. The Balaban J connectivity index is 0.00000256. The van der Waals surface area contributed by atoms with Crippen LogP contribution in [0, 0.1) is 6.92 Å². The zero-order valence-corrected chi connectivity index (χ0v) is 12.6. The minimum atomic E-state index is -5.09. The van der Waals surface area contributed by atoms with Gasteiger partial charge >= 0.3 is 58.4 Å². The minimum Gasteiger partial charge on any atom is -0.445 e. The van der Waals surface area contributed by atoms with Crippen molar-refractivity contribution in [3.05, 3.63) is 33.7 Å². The van der Waals surface area contributed by atoms with Crippen molar-refractivity contribution in [1.82, 2.24) is 0 Å². The summed E-state index contributed by atoms with van der Waals surface area (Å²) >= 11 is 0. The number of nitrogen functional groups attached to an aromatic ring is 1. The van der Waals surface area contributed by atoms with Crippen LogP contribution in [0.2, 0.25) is 0 Å². The minimum absolute atomic E-state index is 0. The molecule has 0 saturated heterocycles. The van der Waals surface area contributed by atoms with E-state index in [1.807, 2.05) is 0 Å². The monoisotopic (exact) mass is 268 g/mol. The van der Waals surface area contributed by atoms with Gasteiger partial charge in [-0.05, 0) is 23.6 Å². The van der Waals surface area contributed by atoms with Crippen LogP contribution in [-0.4, -0.2) is 6.98 Å². The van der Waals surface area contributed by atoms with Gasteiger partial charge in [-0.15, -0.1) is 5.46 Å². The number of anilines is 1. The molecule has 1 rings (SSSR count). The van der Waals surface area contributed by atoms with Crippen LogP contribution in [0.1, 0.15) is 11.1 Å². The van der Waals surface area contributed by atoms with E-state index in [0.29, 0.717) is 11.1 Å². The first-order chi connectivity index (χ1) is 7.36. The molecule has 0 saturated carbocycles. The second kappa shape index (κ2) is 6.67. The Morgan fingerprint density at radius 3 is 2.47 bits per heavy atom. The number of nitrogens with two attached hydrogens (primary N) is 1. The van der Waals surface area contributed by atoms with E-state index in [0.717, 1.165) is 12.1 Å². The molecule has 0 radical (unpaired) electrons. The van der Waals surface area contributed by atoms with Crippen LogP contribution in [-0.2, 0) is 6.54 Å². The number of rotatable bonds is 3. The zero-order chi connectivity index (χ0) is 12.3. The number of benzene rings is 1. The van der Waals surface area contributed by atoms with Gasteiger partial charge < -0.3 is 18.7 Å². The summed E-state index contributed by atoms with van der Waals surface area (Å²) in [4.78, 5) is 2.50. The number of hydrogen-bond acceptors (Lipinski definition) is 2. The van der Waals surface area contributed by atoms with E-state index >= 15 is 0 Å². The van der Waals surface area contributed by atoms with E-state index < -0.39 is 12.4 Å². The maximum atomic E-state index is 12.5. The van der Waals surface area contributed by atoms with Crippen LogP contribution in [0.4, 0.5) is 18.6 Å². The van der Waals surface area contributed by atoms with Crippen LogP contribution < -0.4 is 62.6 Å². The van der Waals surface area contributed by atoms with Crippen LogP contribution in [0.15, 0.2) is 17.2 Å². The molecule has 17 heavy (non-hydrogen) atoms. The molecular formula is C8H9BF3KN4. The van der Waals surface area contributed by atoms with Crippen LogP contribution in [0.5, 0.6) is 0 Å². The Morgan fingerprint density at radius 1 is 1.41 bits per heavy atom. The maximum absolute atomic E-state index is 12.5. The zero-order valence-electron chi connectivity index (χ0n) is 9.49. The first-order valence-corrected chi connectivity index (χ1v) is 4.46. The van der Waals surface area contributed by atoms with Crippen molar-refractivity contribution in [3.63, 3.8) is 0 Å². The molecule has 0 amide bonds. The smallest absolute Gasteiger partial charge is 0.445 e. The van der Waals surface area contributed by atoms with Crippen molar-refractivity contribution in [2.75, 3.05) is 5.73 Å². The van der Waals surface area contributed by atoms with Crippen molar-refractivity contribution >= 4 is 18.1 Å². The molecule has 0 aliphatic carbocycles. The molecule has 2 N–H and O–H groups in total. The molecule has 0 spiro atoms. The number of nitrogens with zero attached hydrogens (tertiary/aromatic N) is 3. The predicted molar refractivity (Wildman–Crippen MR) is 57.2 cm³/mol. The third kappa shape index (κ3) is 4.53. The van der Waals surface area contributed by atoms with Gasteiger partial charge in [0.05, 0.1) is 6.54 Å². The molecule has 0 fully saturated rings. The van der Waals surface area contributed by atoms with E-state index in [1.165, 1.54) is 0 Å². The summed E-state index contributed by atoms with van der Waals surface area (Å²) in [5.41, 5.74) is 13.7. The van der Waals surface area contributed by atoms with Crippen LogP contribution >= 0.6 is 0 Å². The van der Waals surface area contributed by atoms with E-state index in [9.17, 15) is 12.9 Å². The quantitative estimate of drug-likeness (QED) is 0.258. The molecule has 9 heteroatoms. The molecule has 0 aromatic heterocycles. The van der Waals surface area contributed by atoms with Gasteiger partial charge in [-0.2, -0.15) is 0 Å². The molecule has 0 unspecified atom stereocenters. The molecule has 4 nitrogen and oxygen atoms in total. The summed E-state index contributed by atoms with van der Waals surface area (Å²) in [6.07, 6.45) is 0. The molecule has 0 heterocycles. The topological polar surface area (TPSA) is 74.8 Å². The third-order valence-electron chi connectivity index (χ3n) is 2.26. The SMILES string of the molecule is Cc1c(N)cc([B-](F)(F)F)cc1CN=[N+]=[N-].[K+]. The Morgan fingerprint density at radius 2 is 2.00 bits per heavy atom. The summed E-state index contributed by atoms with van der Waals surface area (Å²) < 4.78 is 37.5. The Bertz CT molecular complexity index is 457. The summed E-state index contributed by atoms with van der Waals surface area (Å²) in [5.74, 6) is 0. The molecule has 0 bridgehead atoms.